The summed E-state index contributed by atoms with van der Waals surface area (Å²) in [4.78, 5) is 35.2. The number of aryl methyl sites for hydroxylation is 2. The van der Waals surface area contributed by atoms with Gasteiger partial charge in [0.05, 0.1) is 11.1 Å². The smallest absolute Gasteiger partial charge is 0.263 e. The number of fused-ring (bicyclic) bond motifs is 3. The highest BCUT2D eigenvalue weighted by atomic mass is 32.2. The molecule has 0 bridgehead atoms. The van der Waals surface area contributed by atoms with Gasteiger partial charge in [-0.25, -0.2) is 4.98 Å². The third kappa shape index (κ3) is 4.17. The summed E-state index contributed by atoms with van der Waals surface area (Å²) in [7, 11) is 0. The second-order valence-electron chi connectivity index (χ2n) is 8.35. The van der Waals surface area contributed by atoms with E-state index in [4.69, 9.17) is 4.98 Å². The van der Waals surface area contributed by atoms with Gasteiger partial charge < -0.3 is 4.90 Å². The number of allylic oxidation sites excluding steroid dienone is 1. The van der Waals surface area contributed by atoms with E-state index in [0.29, 0.717) is 23.5 Å². The van der Waals surface area contributed by atoms with Gasteiger partial charge in [-0.2, -0.15) is 0 Å². The fourth-order valence-corrected chi connectivity index (χ4v) is 6.60. The lowest BCUT2D eigenvalue weighted by Gasteiger charge is -2.33. The third-order valence-electron chi connectivity index (χ3n) is 5.92. The molecule has 0 radical (unpaired) electrons. The Kier molecular flexibility index (Phi) is 6.16. The number of piperidine rings is 1. The second kappa shape index (κ2) is 8.64. The van der Waals surface area contributed by atoms with E-state index in [1.54, 1.807) is 15.9 Å². The van der Waals surface area contributed by atoms with E-state index >= 15 is 0 Å². The van der Waals surface area contributed by atoms with Crippen LogP contribution in [0.3, 0.4) is 0 Å². The quantitative estimate of drug-likeness (QED) is 0.400. The summed E-state index contributed by atoms with van der Waals surface area (Å²) in [5.74, 6) is 0.465. The topological polar surface area (TPSA) is 55.2 Å². The molecule has 0 N–H and O–H groups in total. The van der Waals surface area contributed by atoms with Crippen LogP contribution in [0.1, 0.15) is 56.4 Å². The first-order chi connectivity index (χ1) is 14.0. The maximum Gasteiger partial charge on any atom is 0.263 e. The van der Waals surface area contributed by atoms with E-state index in [1.165, 1.54) is 35.0 Å². The number of thiophene rings is 1. The number of thioether (sulfide) groups is 1. The van der Waals surface area contributed by atoms with Crippen molar-refractivity contribution in [1.82, 2.24) is 14.5 Å². The minimum atomic E-state index is 0.0266. The van der Waals surface area contributed by atoms with Crippen molar-refractivity contribution in [3.05, 3.63) is 32.9 Å². The summed E-state index contributed by atoms with van der Waals surface area (Å²) >= 11 is 3.06. The molecule has 156 valence electrons. The van der Waals surface area contributed by atoms with Crippen LogP contribution in [-0.4, -0.2) is 38.7 Å². The lowest BCUT2D eigenvalue weighted by Crippen LogP contribution is -2.43. The Morgan fingerprint density at radius 3 is 2.83 bits per heavy atom. The number of amides is 1. The number of likely N-dealkylation sites (tertiary alicyclic amines) is 1. The molecular formula is C22H29N3O2S2. The van der Waals surface area contributed by atoms with Gasteiger partial charge in [-0.05, 0) is 64.4 Å². The Labute approximate surface area is 180 Å². The Morgan fingerprint density at radius 1 is 1.28 bits per heavy atom. The van der Waals surface area contributed by atoms with Gasteiger partial charge in [0.15, 0.2) is 5.16 Å². The van der Waals surface area contributed by atoms with Crippen LogP contribution in [0.25, 0.3) is 10.2 Å². The van der Waals surface area contributed by atoms with Crippen LogP contribution < -0.4 is 5.56 Å². The molecular weight excluding hydrogens is 402 g/mol. The van der Waals surface area contributed by atoms with Crippen molar-refractivity contribution in [2.24, 2.45) is 0 Å². The van der Waals surface area contributed by atoms with Gasteiger partial charge >= 0.3 is 0 Å². The molecule has 2 aliphatic rings. The number of hydrogen-bond acceptors (Lipinski definition) is 5. The van der Waals surface area contributed by atoms with Crippen molar-refractivity contribution in [3.63, 3.8) is 0 Å². The van der Waals surface area contributed by atoms with Crippen LogP contribution in [0.2, 0.25) is 0 Å². The Hall–Kier alpha value is -1.60. The first-order valence-electron chi connectivity index (χ1n) is 10.6. The predicted octanol–water partition coefficient (Wildman–Crippen LogP) is 4.41. The van der Waals surface area contributed by atoms with E-state index in [1.807, 2.05) is 11.8 Å². The molecule has 2 aromatic rings. The number of rotatable bonds is 5. The first kappa shape index (κ1) is 20.7. The van der Waals surface area contributed by atoms with Crippen molar-refractivity contribution in [2.45, 2.75) is 76.5 Å². The first-order valence-corrected chi connectivity index (χ1v) is 12.4. The molecule has 1 saturated heterocycles. The third-order valence-corrected chi connectivity index (χ3v) is 8.06. The van der Waals surface area contributed by atoms with Crippen LogP contribution >= 0.6 is 23.1 Å². The SMILES string of the molecule is C=C(C)Cn1c(SCC(=O)N2CCCC[C@@H]2C)nc2sc3c(c2c1=O)CCCC3. The Morgan fingerprint density at radius 2 is 2.07 bits per heavy atom. The van der Waals surface area contributed by atoms with Crippen LogP contribution in [0.4, 0.5) is 0 Å². The zero-order chi connectivity index (χ0) is 20.5. The van der Waals surface area contributed by atoms with Gasteiger partial charge in [0.25, 0.3) is 5.56 Å². The van der Waals surface area contributed by atoms with E-state index < -0.39 is 0 Å². The molecule has 1 fully saturated rings. The number of nitrogens with zero attached hydrogens (tertiary/aromatic N) is 3. The van der Waals surface area contributed by atoms with Crippen LogP contribution in [0, 0.1) is 0 Å². The lowest BCUT2D eigenvalue weighted by atomic mass is 9.97. The summed E-state index contributed by atoms with van der Waals surface area (Å²) in [5.41, 5.74) is 2.15. The number of hydrogen-bond donors (Lipinski definition) is 0. The molecule has 3 heterocycles. The monoisotopic (exact) mass is 431 g/mol. The van der Waals surface area contributed by atoms with Crippen molar-refractivity contribution in [3.8, 4) is 0 Å². The van der Waals surface area contributed by atoms with Crippen molar-refractivity contribution < 1.29 is 4.79 Å². The highest BCUT2D eigenvalue weighted by Gasteiger charge is 2.25. The minimum absolute atomic E-state index is 0.0266. The maximum atomic E-state index is 13.4. The average molecular weight is 432 g/mol. The van der Waals surface area contributed by atoms with Gasteiger partial charge in [0.1, 0.15) is 4.83 Å². The summed E-state index contributed by atoms with van der Waals surface area (Å²) in [6, 6.07) is 0.300. The minimum Gasteiger partial charge on any atom is -0.339 e. The number of carbonyl (C=O) groups excluding carboxylic acids is 1. The summed E-state index contributed by atoms with van der Waals surface area (Å²) in [6.45, 7) is 9.33. The van der Waals surface area contributed by atoms with E-state index in [9.17, 15) is 9.59 Å². The second-order valence-corrected chi connectivity index (χ2v) is 10.4. The number of aromatic nitrogens is 2. The molecule has 1 aliphatic heterocycles. The fraction of sp³-hybridized carbons (Fsp3) is 0.591. The van der Waals surface area contributed by atoms with Crippen molar-refractivity contribution >= 4 is 39.2 Å². The van der Waals surface area contributed by atoms with Crippen LogP contribution in [0.5, 0.6) is 0 Å². The molecule has 5 nitrogen and oxygen atoms in total. The summed E-state index contributed by atoms with van der Waals surface area (Å²) < 4.78 is 1.73. The Bertz CT molecular complexity index is 1010. The van der Waals surface area contributed by atoms with E-state index in [0.717, 1.165) is 54.4 Å². The fourth-order valence-electron chi connectivity index (χ4n) is 4.42. The highest BCUT2D eigenvalue weighted by Crippen LogP contribution is 2.35. The van der Waals surface area contributed by atoms with Gasteiger partial charge in [0, 0.05) is 24.0 Å². The molecule has 0 aromatic carbocycles. The highest BCUT2D eigenvalue weighted by molar-refractivity contribution is 7.99. The van der Waals surface area contributed by atoms with Gasteiger partial charge in [-0.3, -0.25) is 14.2 Å². The molecule has 0 saturated carbocycles. The number of carbonyl (C=O) groups is 1. The summed E-state index contributed by atoms with van der Waals surface area (Å²) in [6.07, 6.45) is 7.67. The van der Waals surface area contributed by atoms with Crippen LogP contribution in [-0.2, 0) is 24.2 Å². The maximum absolute atomic E-state index is 13.4. The Balaban J connectivity index is 1.66. The van der Waals surface area contributed by atoms with E-state index in [2.05, 4.69) is 13.5 Å². The standard InChI is InChI=1S/C22H29N3O2S2/c1-14(2)12-25-21(27)19-16-9-4-5-10-17(16)29-20(19)23-22(25)28-13-18(26)24-11-7-6-8-15(24)3/h15H,1,4-13H2,2-3H3/t15-/m0/s1. The molecule has 0 unspecified atom stereocenters. The molecule has 7 heteroatoms. The largest absolute Gasteiger partial charge is 0.339 e. The molecule has 1 aliphatic carbocycles. The molecule has 1 atom stereocenters. The van der Waals surface area contributed by atoms with E-state index in [-0.39, 0.29) is 11.5 Å². The van der Waals surface area contributed by atoms with Gasteiger partial charge in [-0.1, -0.05) is 23.9 Å². The lowest BCUT2D eigenvalue weighted by molar-refractivity contribution is -0.131. The van der Waals surface area contributed by atoms with Crippen molar-refractivity contribution in [2.75, 3.05) is 12.3 Å². The molecule has 29 heavy (non-hydrogen) atoms. The summed E-state index contributed by atoms with van der Waals surface area (Å²) in [5, 5.41) is 1.44. The zero-order valence-corrected chi connectivity index (χ0v) is 19.0. The van der Waals surface area contributed by atoms with Gasteiger partial charge in [0.2, 0.25) is 5.91 Å². The molecule has 0 spiro atoms. The zero-order valence-electron chi connectivity index (χ0n) is 17.3. The average Bonchev–Trinajstić information content (AvgIpc) is 3.07. The normalized spacial score (nSPS) is 19.4. The van der Waals surface area contributed by atoms with Crippen molar-refractivity contribution in [1.29, 1.82) is 0 Å². The predicted molar refractivity (Wildman–Crippen MR) is 121 cm³/mol. The molecule has 4 rings (SSSR count). The molecule has 2 aromatic heterocycles. The van der Waals surface area contributed by atoms with Crippen LogP contribution in [0.15, 0.2) is 22.1 Å². The van der Waals surface area contributed by atoms with Gasteiger partial charge in [-0.15, -0.1) is 11.3 Å². The molecule has 1 amide bonds.